The summed E-state index contributed by atoms with van der Waals surface area (Å²) >= 11 is 0. The molecule has 0 aliphatic carbocycles. The summed E-state index contributed by atoms with van der Waals surface area (Å²) in [6.45, 7) is 1.35. The molecule has 2 N–H and O–H groups in total. The van der Waals surface area contributed by atoms with Crippen LogP contribution in [-0.2, 0) is 17.6 Å². The van der Waals surface area contributed by atoms with E-state index in [1.165, 1.54) is 24.6 Å². The van der Waals surface area contributed by atoms with E-state index in [1.54, 1.807) is 36.4 Å². The van der Waals surface area contributed by atoms with E-state index >= 15 is 0 Å². The molecular formula is C26H26N4O4. The lowest BCUT2D eigenvalue weighted by Gasteiger charge is -2.08. The molecule has 34 heavy (non-hydrogen) atoms. The van der Waals surface area contributed by atoms with Crippen molar-refractivity contribution in [3.05, 3.63) is 110 Å². The molecule has 0 saturated carbocycles. The molecule has 0 aliphatic heterocycles. The highest BCUT2D eigenvalue weighted by atomic mass is 16.6. The number of nitro benzene ring substituents is 1. The van der Waals surface area contributed by atoms with Crippen molar-refractivity contribution in [3.63, 3.8) is 0 Å². The van der Waals surface area contributed by atoms with Gasteiger partial charge in [-0.15, -0.1) is 0 Å². The molecule has 0 spiro atoms. The van der Waals surface area contributed by atoms with Crippen LogP contribution in [0.15, 0.2) is 71.5 Å². The fraction of sp³-hybridized carbons (Fsp3) is 0.192. The fourth-order valence-corrected chi connectivity index (χ4v) is 3.42. The SMILES string of the molecule is CC(=O)Nc1nc(/C=C/C=C/c2ccc([N+](=O)[O-])cc2)c(CCCCc2ccccc2)c(=O)[nH]1. The summed E-state index contributed by atoms with van der Waals surface area (Å²) in [7, 11) is 0. The van der Waals surface area contributed by atoms with Crippen molar-refractivity contribution in [1.29, 1.82) is 0 Å². The Morgan fingerprint density at radius 1 is 1.03 bits per heavy atom. The smallest absolute Gasteiger partial charge is 0.269 e. The van der Waals surface area contributed by atoms with Gasteiger partial charge < -0.3 is 0 Å². The molecule has 8 nitrogen and oxygen atoms in total. The zero-order valence-electron chi connectivity index (χ0n) is 18.9. The van der Waals surface area contributed by atoms with E-state index in [9.17, 15) is 19.7 Å². The number of aromatic nitrogens is 2. The summed E-state index contributed by atoms with van der Waals surface area (Å²) in [4.78, 5) is 41.5. The molecule has 2 aromatic carbocycles. The molecule has 0 fully saturated rings. The average Bonchev–Trinajstić information content (AvgIpc) is 2.81. The summed E-state index contributed by atoms with van der Waals surface area (Å²) < 4.78 is 0. The Morgan fingerprint density at radius 2 is 1.71 bits per heavy atom. The first-order chi connectivity index (χ1) is 16.4. The number of nitrogens with zero attached hydrogens (tertiary/aromatic N) is 2. The number of carbonyl (C=O) groups excluding carboxylic acids is 1. The number of aromatic amines is 1. The van der Waals surface area contributed by atoms with Crippen molar-refractivity contribution in [2.45, 2.75) is 32.6 Å². The predicted octanol–water partition coefficient (Wildman–Crippen LogP) is 4.93. The number of rotatable bonds is 10. The first-order valence-electron chi connectivity index (χ1n) is 11.0. The molecule has 1 aromatic heterocycles. The van der Waals surface area contributed by atoms with Crippen LogP contribution in [0, 0.1) is 10.1 Å². The van der Waals surface area contributed by atoms with Crippen LogP contribution in [0.1, 0.15) is 42.1 Å². The number of H-pyrrole nitrogens is 1. The monoisotopic (exact) mass is 458 g/mol. The quantitative estimate of drug-likeness (QED) is 0.193. The van der Waals surface area contributed by atoms with E-state index in [2.05, 4.69) is 27.4 Å². The zero-order chi connectivity index (χ0) is 24.3. The van der Waals surface area contributed by atoms with E-state index in [0.29, 0.717) is 17.7 Å². The third-order valence-electron chi connectivity index (χ3n) is 5.08. The number of nitro groups is 1. The van der Waals surface area contributed by atoms with Gasteiger partial charge in [-0.25, -0.2) is 4.98 Å². The van der Waals surface area contributed by atoms with Gasteiger partial charge in [0.05, 0.1) is 10.6 Å². The molecule has 0 radical (unpaired) electrons. The van der Waals surface area contributed by atoms with Crippen LogP contribution in [0.25, 0.3) is 12.2 Å². The van der Waals surface area contributed by atoms with Crippen molar-refractivity contribution in [2.24, 2.45) is 0 Å². The average molecular weight is 459 g/mol. The summed E-state index contributed by atoms with van der Waals surface area (Å²) in [5.41, 5.74) is 2.85. The highest BCUT2D eigenvalue weighted by Crippen LogP contribution is 2.14. The molecule has 0 saturated heterocycles. The second-order valence-electron chi connectivity index (χ2n) is 7.72. The Kier molecular flexibility index (Phi) is 8.62. The van der Waals surface area contributed by atoms with E-state index in [-0.39, 0.29) is 23.1 Å². The van der Waals surface area contributed by atoms with Crippen molar-refractivity contribution < 1.29 is 9.72 Å². The lowest BCUT2D eigenvalue weighted by atomic mass is 10.0. The maximum Gasteiger partial charge on any atom is 0.269 e. The Bertz CT molecular complexity index is 1250. The second-order valence-corrected chi connectivity index (χ2v) is 7.72. The number of nitrogens with one attached hydrogen (secondary N) is 2. The predicted molar refractivity (Wildman–Crippen MR) is 133 cm³/mol. The number of amides is 1. The maximum atomic E-state index is 12.7. The van der Waals surface area contributed by atoms with E-state index in [1.807, 2.05) is 18.2 Å². The zero-order valence-corrected chi connectivity index (χ0v) is 18.9. The molecule has 174 valence electrons. The van der Waals surface area contributed by atoms with Crippen molar-refractivity contribution in [1.82, 2.24) is 9.97 Å². The van der Waals surface area contributed by atoms with Crippen molar-refractivity contribution >= 4 is 29.7 Å². The van der Waals surface area contributed by atoms with Gasteiger partial charge in [-0.05, 0) is 55.0 Å². The van der Waals surface area contributed by atoms with Gasteiger partial charge in [0.15, 0.2) is 0 Å². The van der Waals surface area contributed by atoms with Gasteiger partial charge in [-0.3, -0.25) is 30.0 Å². The third kappa shape index (κ3) is 7.37. The van der Waals surface area contributed by atoms with E-state index in [0.717, 1.165) is 24.8 Å². The minimum absolute atomic E-state index is 0.0304. The first kappa shape index (κ1) is 24.3. The van der Waals surface area contributed by atoms with Crippen LogP contribution in [0.5, 0.6) is 0 Å². The number of hydrogen-bond acceptors (Lipinski definition) is 5. The number of unbranched alkanes of at least 4 members (excludes halogenated alkanes) is 1. The Hall–Kier alpha value is -4.33. The van der Waals surface area contributed by atoms with Crippen molar-refractivity contribution in [3.8, 4) is 0 Å². The van der Waals surface area contributed by atoms with Gasteiger partial charge in [0, 0.05) is 24.6 Å². The number of non-ortho nitro benzene ring substituents is 1. The van der Waals surface area contributed by atoms with Gasteiger partial charge in [-0.2, -0.15) is 0 Å². The van der Waals surface area contributed by atoms with Crippen LogP contribution >= 0.6 is 0 Å². The van der Waals surface area contributed by atoms with Crippen LogP contribution in [-0.4, -0.2) is 20.8 Å². The molecule has 1 heterocycles. The van der Waals surface area contributed by atoms with Crippen molar-refractivity contribution in [2.75, 3.05) is 5.32 Å². The van der Waals surface area contributed by atoms with Gasteiger partial charge >= 0.3 is 0 Å². The number of carbonyl (C=O) groups is 1. The topological polar surface area (TPSA) is 118 Å². The lowest BCUT2D eigenvalue weighted by Crippen LogP contribution is -2.21. The molecule has 8 heteroatoms. The minimum Gasteiger partial charge on any atom is -0.296 e. The number of hydrogen-bond donors (Lipinski definition) is 2. The van der Waals surface area contributed by atoms with Crippen LogP contribution in [0.4, 0.5) is 11.6 Å². The largest absolute Gasteiger partial charge is 0.296 e. The highest BCUT2D eigenvalue weighted by molar-refractivity contribution is 5.86. The summed E-state index contributed by atoms with van der Waals surface area (Å²) in [5.74, 6) is -0.226. The van der Waals surface area contributed by atoms with E-state index < -0.39 is 4.92 Å². The van der Waals surface area contributed by atoms with Crippen LogP contribution in [0.3, 0.4) is 0 Å². The fourth-order valence-electron chi connectivity index (χ4n) is 3.42. The molecule has 3 aromatic rings. The lowest BCUT2D eigenvalue weighted by molar-refractivity contribution is -0.384. The molecule has 0 atom stereocenters. The standard InChI is InChI=1S/C26H26N4O4/c1-19(31)27-26-28-24(14-8-6-12-21-15-17-22(18-16-21)30(33)34)23(25(32)29-26)13-7-5-11-20-9-3-2-4-10-20/h2-4,6,8-10,12,14-18H,5,7,11,13H2,1H3,(H2,27,28,29,31,32)/b12-6+,14-8+. The van der Waals surface area contributed by atoms with Gasteiger partial charge in [-0.1, -0.05) is 48.6 Å². The number of anilines is 1. The summed E-state index contributed by atoms with van der Waals surface area (Å²) in [5, 5.41) is 13.3. The highest BCUT2D eigenvalue weighted by Gasteiger charge is 2.10. The number of allylic oxidation sites excluding steroid dienone is 2. The van der Waals surface area contributed by atoms with E-state index in [4.69, 9.17) is 0 Å². The van der Waals surface area contributed by atoms with Crippen LogP contribution in [0.2, 0.25) is 0 Å². The molecule has 0 bridgehead atoms. The normalized spacial score (nSPS) is 11.2. The summed E-state index contributed by atoms with van der Waals surface area (Å²) in [6, 6.07) is 16.4. The third-order valence-corrected chi connectivity index (χ3v) is 5.08. The Balaban J connectivity index is 1.72. The summed E-state index contributed by atoms with van der Waals surface area (Å²) in [6.07, 6.45) is 10.3. The first-order valence-corrected chi connectivity index (χ1v) is 11.0. The maximum absolute atomic E-state index is 12.7. The number of aryl methyl sites for hydroxylation is 1. The van der Waals surface area contributed by atoms with Gasteiger partial charge in [0.2, 0.25) is 11.9 Å². The number of benzene rings is 2. The second kappa shape index (κ2) is 12.1. The molecule has 0 aliphatic rings. The van der Waals surface area contributed by atoms with Gasteiger partial charge in [0.1, 0.15) is 0 Å². The molecule has 1 amide bonds. The molecular weight excluding hydrogens is 432 g/mol. The minimum atomic E-state index is -0.444. The van der Waals surface area contributed by atoms with Gasteiger partial charge in [0.25, 0.3) is 11.2 Å². The van der Waals surface area contributed by atoms with Crippen LogP contribution < -0.4 is 10.9 Å². The Morgan fingerprint density at radius 3 is 2.38 bits per heavy atom. The molecule has 3 rings (SSSR count). The Labute approximate surface area is 197 Å². The molecule has 0 unspecified atom stereocenters.